The Morgan fingerprint density at radius 2 is 1.78 bits per heavy atom. The molecule has 1 N–H and O–H groups in total. The molecule has 0 aliphatic rings. The van der Waals surface area contributed by atoms with Crippen molar-refractivity contribution in [3.05, 3.63) is 59.8 Å². The van der Waals surface area contributed by atoms with Crippen LogP contribution in [-0.4, -0.2) is 35.3 Å². The summed E-state index contributed by atoms with van der Waals surface area (Å²) in [5, 5.41) is 9.78. The van der Waals surface area contributed by atoms with E-state index in [0.29, 0.717) is 10.7 Å². The molecule has 0 fully saturated rings. The Bertz CT molecular complexity index is 1320. The van der Waals surface area contributed by atoms with Crippen LogP contribution in [0.1, 0.15) is 21.7 Å². The molecule has 0 spiro atoms. The number of aromatic nitrogens is 6. The highest BCUT2D eigenvalue weighted by Gasteiger charge is 2.43. The first kappa shape index (κ1) is 21.3. The van der Waals surface area contributed by atoms with Gasteiger partial charge in [-0.15, -0.1) is 0 Å². The van der Waals surface area contributed by atoms with Crippen LogP contribution in [0.25, 0.3) is 17.0 Å². The highest BCUT2D eigenvalue weighted by Crippen LogP contribution is 2.39. The van der Waals surface area contributed by atoms with Crippen molar-refractivity contribution in [1.82, 2.24) is 29.4 Å². The molecular formula is C18H11F6N7O. The van der Waals surface area contributed by atoms with Gasteiger partial charge >= 0.3 is 12.4 Å². The van der Waals surface area contributed by atoms with E-state index in [2.05, 4.69) is 20.2 Å². The number of nitrogens with one attached hydrogen (secondary N) is 1. The minimum atomic E-state index is -5.02. The number of rotatable bonds is 3. The first-order valence-electron chi connectivity index (χ1n) is 8.74. The Morgan fingerprint density at radius 3 is 2.47 bits per heavy atom. The van der Waals surface area contributed by atoms with Crippen molar-refractivity contribution in [1.29, 1.82) is 0 Å². The predicted molar refractivity (Wildman–Crippen MR) is 97.4 cm³/mol. The van der Waals surface area contributed by atoms with Crippen LogP contribution in [0.5, 0.6) is 0 Å². The molecule has 0 atom stereocenters. The summed E-state index contributed by atoms with van der Waals surface area (Å²) >= 11 is 0. The monoisotopic (exact) mass is 455 g/mol. The van der Waals surface area contributed by atoms with Gasteiger partial charge in [0.05, 0.1) is 5.69 Å². The van der Waals surface area contributed by atoms with E-state index in [1.165, 1.54) is 18.2 Å². The molecule has 0 unspecified atom stereocenters. The lowest BCUT2D eigenvalue weighted by Gasteiger charge is -2.12. The Balaban J connectivity index is 1.82. The van der Waals surface area contributed by atoms with E-state index in [1.54, 1.807) is 0 Å². The average Bonchev–Trinajstić information content (AvgIpc) is 3.31. The summed E-state index contributed by atoms with van der Waals surface area (Å²) in [6.07, 6.45) is -7.89. The third-order valence-corrected chi connectivity index (χ3v) is 4.40. The number of carbonyl (C=O) groups is 1. The molecule has 4 aromatic rings. The third kappa shape index (κ3) is 3.74. The number of aryl methyl sites for hydroxylation is 1. The summed E-state index contributed by atoms with van der Waals surface area (Å²) in [5.74, 6) is -1.30. The Kier molecular flexibility index (Phi) is 4.86. The molecule has 32 heavy (non-hydrogen) atoms. The van der Waals surface area contributed by atoms with Gasteiger partial charge in [0.1, 0.15) is 29.0 Å². The average molecular weight is 455 g/mol. The van der Waals surface area contributed by atoms with Crippen LogP contribution in [0.3, 0.4) is 0 Å². The van der Waals surface area contributed by atoms with E-state index in [9.17, 15) is 31.1 Å². The molecular weight excluding hydrogens is 444 g/mol. The van der Waals surface area contributed by atoms with Crippen LogP contribution in [0.4, 0.5) is 32.0 Å². The number of pyridine rings is 2. The van der Waals surface area contributed by atoms with Gasteiger partial charge in [-0.25, -0.2) is 9.50 Å². The fourth-order valence-corrected chi connectivity index (χ4v) is 3.11. The lowest BCUT2D eigenvalue weighted by atomic mass is 10.1. The van der Waals surface area contributed by atoms with E-state index in [4.69, 9.17) is 0 Å². The number of hydrogen-bond donors (Lipinski definition) is 1. The fraction of sp³-hybridized carbons (Fsp3) is 0.167. The lowest BCUT2D eigenvalue weighted by Crippen LogP contribution is -2.21. The molecule has 0 aliphatic carbocycles. The van der Waals surface area contributed by atoms with Gasteiger partial charge in [-0.3, -0.25) is 14.5 Å². The molecule has 8 nitrogen and oxygen atoms in total. The van der Waals surface area contributed by atoms with Gasteiger partial charge in [0.25, 0.3) is 5.91 Å². The molecule has 0 radical (unpaired) electrons. The number of nitrogens with zero attached hydrogens (tertiary/aromatic N) is 6. The largest absolute Gasteiger partial charge is 0.433 e. The zero-order chi connectivity index (χ0) is 23.3. The third-order valence-electron chi connectivity index (χ3n) is 4.40. The Labute approximate surface area is 174 Å². The number of amides is 1. The first-order chi connectivity index (χ1) is 15.0. The quantitative estimate of drug-likeness (QED) is 0.475. The highest BCUT2D eigenvalue weighted by molar-refractivity contribution is 6.05. The molecule has 166 valence electrons. The summed E-state index contributed by atoms with van der Waals surface area (Å²) in [4.78, 5) is 19.8. The molecule has 4 aromatic heterocycles. The number of halogens is 6. The van der Waals surface area contributed by atoms with Gasteiger partial charge in [-0.05, 0) is 24.3 Å². The second kappa shape index (κ2) is 7.32. The SMILES string of the molecule is Cn1nc(-c2cccc3ncnn23)c(C(F)(F)F)c1C(=O)Nc1ccnc(C(F)(F)F)c1. The standard InChI is InChI=1S/C18H11F6N7O/c1-30-15(16(32)28-9-5-6-25-11(7-9)17(19,20)21)13(18(22,23)24)14(29-30)10-3-2-4-12-26-8-27-31(10)12/h2-8H,1H3,(H,25,28,32). The maximum atomic E-state index is 14.0. The van der Waals surface area contributed by atoms with E-state index < -0.39 is 40.9 Å². The van der Waals surface area contributed by atoms with Gasteiger partial charge in [0, 0.05) is 18.9 Å². The summed E-state index contributed by atoms with van der Waals surface area (Å²) in [7, 11) is 1.11. The predicted octanol–water partition coefficient (Wildman–Crippen LogP) is 3.81. The molecule has 0 saturated heterocycles. The molecule has 1 amide bonds. The minimum Gasteiger partial charge on any atom is -0.321 e. The molecule has 0 saturated carbocycles. The molecule has 4 heterocycles. The second-order valence-electron chi connectivity index (χ2n) is 6.52. The normalized spacial score (nSPS) is 12.3. The maximum Gasteiger partial charge on any atom is 0.433 e. The van der Waals surface area contributed by atoms with Gasteiger partial charge in [-0.1, -0.05) is 6.07 Å². The van der Waals surface area contributed by atoms with Gasteiger partial charge in [-0.2, -0.15) is 36.5 Å². The van der Waals surface area contributed by atoms with Crippen molar-refractivity contribution >= 4 is 17.2 Å². The first-order valence-corrected chi connectivity index (χ1v) is 8.74. The number of anilines is 1. The van der Waals surface area contributed by atoms with Crippen LogP contribution in [0.2, 0.25) is 0 Å². The van der Waals surface area contributed by atoms with Crippen LogP contribution in [0.15, 0.2) is 42.9 Å². The topological polar surface area (TPSA) is 90.0 Å². The van der Waals surface area contributed by atoms with Crippen molar-refractivity contribution in [2.24, 2.45) is 7.05 Å². The molecule has 0 bridgehead atoms. The Hall–Kier alpha value is -3.97. The van der Waals surface area contributed by atoms with Crippen LogP contribution >= 0.6 is 0 Å². The minimum absolute atomic E-state index is 0.0785. The highest BCUT2D eigenvalue weighted by atomic mass is 19.4. The van der Waals surface area contributed by atoms with E-state index >= 15 is 0 Å². The van der Waals surface area contributed by atoms with Crippen molar-refractivity contribution in [3.63, 3.8) is 0 Å². The molecule has 0 aromatic carbocycles. The number of fused-ring (bicyclic) bond motifs is 1. The number of carbonyl (C=O) groups excluding carboxylic acids is 1. The smallest absolute Gasteiger partial charge is 0.321 e. The fourth-order valence-electron chi connectivity index (χ4n) is 3.11. The van der Waals surface area contributed by atoms with Crippen molar-refractivity contribution in [3.8, 4) is 11.4 Å². The van der Waals surface area contributed by atoms with Crippen LogP contribution in [0, 0.1) is 0 Å². The van der Waals surface area contributed by atoms with E-state index in [1.807, 2.05) is 5.32 Å². The number of alkyl halides is 6. The zero-order valence-electron chi connectivity index (χ0n) is 15.9. The second-order valence-corrected chi connectivity index (χ2v) is 6.52. The summed E-state index contributed by atoms with van der Waals surface area (Å²) in [6, 6.07) is 5.82. The van der Waals surface area contributed by atoms with E-state index in [0.717, 1.165) is 30.2 Å². The van der Waals surface area contributed by atoms with Gasteiger partial charge in [0.2, 0.25) is 0 Å². The van der Waals surface area contributed by atoms with Crippen molar-refractivity contribution in [2.75, 3.05) is 5.32 Å². The van der Waals surface area contributed by atoms with Crippen molar-refractivity contribution < 1.29 is 31.1 Å². The van der Waals surface area contributed by atoms with Gasteiger partial charge in [0.15, 0.2) is 5.65 Å². The summed E-state index contributed by atoms with van der Waals surface area (Å²) < 4.78 is 82.4. The lowest BCUT2D eigenvalue weighted by molar-refractivity contribution is -0.141. The van der Waals surface area contributed by atoms with Crippen molar-refractivity contribution in [2.45, 2.75) is 12.4 Å². The molecule has 14 heteroatoms. The summed E-state index contributed by atoms with van der Waals surface area (Å²) in [5.41, 5.74) is -4.37. The van der Waals surface area contributed by atoms with Crippen LogP contribution < -0.4 is 5.32 Å². The maximum absolute atomic E-state index is 14.0. The van der Waals surface area contributed by atoms with E-state index in [-0.39, 0.29) is 17.0 Å². The molecule has 4 rings (SSSR count). The molecule has 0 aliphatic heterocycles. The van der Waals surface area contributed by atoms with Gasteiger partial charge < -0.3 is 5.32 Å². The summed E-state index contributed by atoms with van der Waals surface area (Å²) in [6.45, 7) is 0. The number of hydrogen-bond acceptors (Lipinski definition) is 5. The Morgan fingerprint density at radius 1 is 1.03 bits per heavy atom. The zero-order valence-corrected chi connectivity index (χ0v) is 15.9. The van der Waals surface area contributed by atoms with Crippen LogP contribution in [-0.2, 0) is 19.4 Å².